The van der Waals surface area contributed by atoms with Crippen molar-refractivity contribution in [2.24, 2.45) is 0 Å². The molecule has 6 heteroatoms. The summed E-state index contributed by atoms with van der Waals surface area (Å²) in [5, 5.41) is 2.90. The molecule has 152 valence electrons. The van der Waals surface area contributed by atoms with Crippen LogP contribution in [0.4, 0.5) is 5.69 Å². The number of anilines is 1. The molecule has 2 aromatic rings. The first kappa shape index (κ1) is 20.5. The maximum atomic E-state index is 12.5. The van der Waals surface area contributed by atoms with Gasteiger partial charge in [0, 0.05) is 11.8 Å². The minimum Gasteiger partial charge on any atom is -0.454 e. The molecule has 1 aliphatic rings. The van der Waals surface area contributed by atoms with Gasteiger partial charge in [0.25, 0.3) is 5.91 Å². The number of carbonyl (C=O) groups is 2. The maximum absolute atomic E-state index is 12.5. The molecule has 6 nitrogen and oxygen atoms in total. The van der Waals surface area contributed by atoms with E-state index >= 15 is 0 Å². The van der Waals surface area contributed by atoms with Gasteiger partial charge in [-0.2, -0.15) is 0 Å². The molecule has 2 aromatic carbocycles. The number of esters is 1. The van der Waals surface area contributed by atoms with Gasteiger partial charge in [0.1, 0.15) is 0 Å². The van der Waals surface area contributed by atoms with E-state index < -0.39 is 12.1 Å². The topological polar surface area (TPSA) is 73.9 Å². The number of hydrogen-bond donors (Lipinski definition) is 1. The fourth-order valence-electron chi connectivity index (χ4n) is 3.02. The van der Waals surface area contributed by atoms with E-state index in [0.29, 0.717) is 11.5 Å². The van der Waals surface area contributed by atoms with Gasteiger partial charge in [0.05, 0.1) is 0 Å². The van der Waals surface area contributed by atoms with E-state index in [1.807, 2.05) is 25.1 Å². The summed E-state index contributed by atoms with van der Waals surface area (Å²) in [5.74, 6) is 0.595. The fraction of sp³-hybridized carbons (Fsp3) is 0.304. The lowest BCUT2D eigenvalue weighted by molar-refractivity contribution is -0.148. The Morgan fingerprint density at radius 2 is 1.86 bits per heavy atom. The Balaban J connectivity index is 1.60. The van der Waals surface area contributed by atoms with Gasteiger partial charge in [-0.3, -0.25) is 4.79 Å². The van der Waals surface area contributed by atoms with Crippen LogP contribution < -0.4 is 14.8 Å². The van der Waals surface area contributed by atoms with Crippen molar-refractivity contribution in [3.05, 3.63) is 59.2 Å². The van der Waals surface area contributed by atoms with E-state index in [2.05, 4.69) is 19.2 Å². The third-order valence-electron chi connectivity index (χ3n) is 4.65. The number of rotatable bonds is 6. The van der Waals surface area contributed by atoms with Crippen LogP contribution in [0, 0.1) is 6.92 Å². The lowest BCUT2D eigenvalue weighted by Gasteiger charge is -2.18. The average molecular weight is 395 g/mol. The third kappa shape index (κ3) is 4.96. The molecular weight excluding hydrogens is 370 g/mol. The van der Waals surface area contributed by atoms with Crippen LogP contribution in [-0.2, 0) is 14.3 Å². The second-order valence-corrected chi connectivity index (χ2v) is 7.21. The largest absolute Gasteiger partial charge is 0.454 e. The minimum atomic E-state index is -0.927. The Hall–Kier alpha value is -3.28. The Labute approximate surface area is 170 Å². The zero-order valence-corrected chi connectivity index (χ0v) is 17.0. The summed E-state index contributed by atoms with van der Waals surface area (Å²) < 4.78 is 15.8. The van der Waals surface area contributed by atoms with Gasteiger partial charge in [-0.1, -0.05) is 38.1 Å². The number of para-hydroxylation sites is 1. The Morgan fingerprint density at radius 3 is 2.62 bits per heavy atom. The number of amides is 1. The summed E-state index contributed by atoms with van der Waals surface area (Å²) in [5.41, 5.74) is 3.54. The molecule has 1 amide bonds. The van der Waals surface area contributed by atoms with Crippen molar-refractivity contribution in [3.63, 3.8) is 0 Å². The molecule has 0 saturated heterocycles. The normalized spacial score (nSPS) is 13.6. The third-order valence-corrected chi connectivity index (χ3v) is 4.65. The van der Waals surface area contributed by atoms with Crippen molar-refractivity contribution in [1.29, 1.82) is 0 Å². The van der Waals surface area contributed by atoms with Gasteiger partial charge in [-0.25, -0.2) is 4.79 Å². The number of benzene rings is 2. The summed E-state index contributed by atoms with van der Waals surface area (Å²) in [6, 6.07) is 11.2. The first-order chi connectivity index (χ1) is 13.8. The molecule has 0 aliphatic carbocycles. The number of fused-ring (bicyclic) bond motifs is 1. The predicted molar refractivity (Wildman–Crippen MR) is 111 cm³/mol. The summed E-state index contributed by atoms with van der Waals surface area (Å²) in [4.78, 5) is 24.6. The average Bonchev–Trinajstić information content (AvgIpc) is 3.15. The molecule has 29 heavy (non-hydrogen) atoms. The van der Waals surface area contributed by atoms with Gasteiger partial charge < -0.3 is 19.5 Å². The smallest absolute Gasteiger partial charge is 0.331 e. The maximum Gasteiger partial charge on any atom is 0.331 e. The quantitative estimate of drug-likeness (QED) is 0.579. The molecule has 0 radical (unpaired) electrons. The molecule has 1 N–H and O–H groups in total. The molecule has 3 rings (SSSR count). The lowest BCUT2D eigenvalue weighted by atomic mass is 9.98. The van der Waals surface area contributed by atoms with Gasteiger partial charge >= 0.3 is 5.97 Å². The molecule has 0 spiro atoms. The Kier molecular flexibility index (Phi) is 6.22. The number of ether oxygens (including phenoxy) is 3. The first-order valence-corrected chi connectivity index (χ1v) is 9.54. The molecule has 0 unspecified atom stereocenters. The summed E-state index contributed by atoms with van der Waals surface area (Å²) in [6.45, 7) is 7.81. The molecule has 1 heterocycles. The van der Waals surface area contributed by atoms with Crippen LogP contribution in [0.1, 0.15) is 43.4 Å². The fourth-order valence-corrected chi connectivity index (χ4v) is 3.02. The van der Waals surface area contributed by atoms with Crippen LogP contribution in [0.5, 0.6) is 11.5 Å². The summed E-state index contributed by atoms with van der Waals surface area (Å²) in [7, 11) is 0. The van der Waals surface area contributed by atoms with Crippen LogP contribution in [0.3, 0.4) is 0 Å². The Morgan fingerprint density at radius 1 is 1.10 bits per heavy atom. The summed E-state index contributed by atoms with van der Waals surface area (Å²) in [6.07, 6.45) is 1.96. The first-order valence-electron chi connectivity index (χ1n) is 9.54. The van der Waals surface area contributed by atoms with E-state index in [4.69, 9.17) is 14.2 Å². The molecular formula is C23H25NO5. The standard InChI is InChI=1S/C23H25NO5/c1-14(2)18-7-5-6-15(3)22(18)24-23(26)16(4)29-21(25)11-9-17-8-10-19-20(12-17)28-13-27-19/h5-12,14,16H,13H2,1-4H3,(H,24,26)/b11-9+/t16-/m1/s1. The molecule has 0 saturated carbocycles. The number of aryl methyl sites for hydroxylation is 1. The number of carbonyl (C=O) groups excluding carboxylic acids is 2. The van der Waals surface area contributed by atoms with Crippen molar-refractivity contribution in [2.75, 3.05) is 12.1 Å². The van der Waals surface area contributed by atoms with Crippen molar-refractivity contribution in [3.8, 4) is 11.5 Å². The van der Waals surface area contributed by atoms with Crippen LogP contribution >= 0.6 is 0 Å². The van der Waals surface area contributed by atoms with Gasteiger partial charge in [-0.15, -0.1) is 0 Å². The number of hydrogen-bond acceptors (Lipinski definition) is 5. The van der Waals surface area contributed by atoms with Gasteiger partial charge in [0.2, 0.25) is 6.79 Å². The van der Waals surface area contributed by atoms with Gasteiger partial charge in [-0.05, 0) is 54.7 Å². The number of nitrogens with one attached hydrogen (secondary N) is 1. The molecule has 1 atom stereocenters. The van der Waals surface area contributed by atoms with Gasteiger partial charge in [0.15, 0.2) is 17.6 Å². The van der Waals surface area contributed by atoms with E-state index in [9.17, 15) is 9.59 Å². The molecule has 0 aromatic heterocycles. The van der Waals surface area contributed by atoms with Crippen LogP contribution in [0.2, 0.25) is 0 Å². The highest BCUT2D eigenvalue weighted by Crippen LogP contribution is 2.32. The highest BCUT2D eigenvalue weighted by atomic mass is 16.7. The zero-order valence-electron chi connectivity index (χ0n) is 17.0. The highest BCUT2D eigenvalue weighted by molar-refractivity contribution is 5.97. The summed E-state index contributed by atoms with van der Waals surface area (Å²) >= 11 is 0. The highest BCUT2D eigenvalue weighted by Gasteiger charge is 2.19. The molecule has 0 fully saturated rings. The second kappa shape index (κ2) is 8.82. The Bertz CT molecular complexity index is 948. The monoisotopic (exact) mass is 395 g/mol. The minimum absolute atomic E-state index is 0.191. The van der Waals surface area contributed by atoms with E-state index in [0.717, 1.165) is 22.4 Å². The van der Waals surface area contributed by atoms with E-state index in [1.54, 1.807) is 31.2 Å². The van der Waals surface area contributed by atoms with Crippen LogP contribution in [0.25, 0.3) is 6.08 Å². The second-order valence-electron chi connectivity index (χ2n) is 7.21. The van der Waals surface area contributed by atoms with Crippen molar-refractivity contribution >= 4 is 23.6 Å². The lowest BCUT2D eigenvalue weighted by Crippen LogP contribution is -2.30. The van der Waals surface area contributed by atoms with Crippen molar-refractivity contribution in [1.82, 2.24) is 0 Å². The van der Waals surface area contributed by atoms with E-state index in [-0.39, 0.29) is 18.6 Å². The van der Waals surface area contributed by atoms with Crippen LogP contribution in [0.15, 0.2) is 42.5 Å². The van der Waals surface area contributed by atoms with Crippen molar-refractivity contribution in [2.45, 2.75) is 39.7 Å². The SMILES string of the molecule is Cc1cccc(C(C)C)c1NC(=O)[C@@H](C)OC(=O)/C=C/c1ccc2c(c1)OCO2. The van der Waals surface area contributed by atoms with E-state index in [1.165, 1.54) is 6.08 Å². The molecule has 1 aliphatic heterocycles. The van der Waals surface area contributed by atoms with Crippen molar-refractivity contribution < 1.29 is 23.8 Å². The predicted octanol–water partition coefficient (Wildman–Crippen LogP) is 4.43. The van der Waals surface area contributed by atoms with Crippen LogP contribution in [-0.4, -0.2) is 24.8 Å². The molecule has 0 bridgehead atoms. The zero-order chi connectivity index (χ0) is 21.0.